The molecule has 2 aliphatic rings. The highest BCUT2D eigenvalue weighted by molar-refractivity contribution is 5.76. The van der Waals surface area contributed by atoms with Gasteiger partial charge in [0, 0.05) is 19.5 Å². The van der Waals surface area contributed by atoms with Crippen molar-refractivity contribution < 1.29 is 18.7 Å². The Balaban J connectivity index is 1.87. The molecule has 1 aromatic rings. The Morgan fingerprint density at radius 3 is 2.88 bits per heavy atom. The molecule has 1 aromatic heterocycles. The fourth-order valence-corrected chi connectivity index (χ4v) is 3.07. The first kappa shape index (κ1) is 17.5. The number of carbonyl (C=O) groups is 1. The summed E-state index contributed by atoms with van der Waals surface area (Å²) in [5.41, 5.74) is 7.08. The van der Waals surface area contributed by atoms with E-state index in [0.717, 1.165) is 5.57 Å². The summed E-state index contributed by atoms with van der Waals surface area (Å²) in [4.78, 5) is 18.0. The van der Waals surface area contributed by atoms with Gasteiger partial charge in [-0.3, -0.25) is 0 Å². The molecule has 0 fully saturated rings. The molecule has 6 nitrogen and oxygen atoms in total. The molecule has 0 saturated carbocycles. The smallest absolute Gasteiger partial charge is 0.410 e. The summed E-state index contributed by atoms with van der Waals surface area (Å²) in [6, 6.07) is 0. The molecule has 7 heteroatoms. The van der Waals surface area contributed by atoms with Crippen LogP contribution < -0.4 is 10.5 Å². The van der Waals surface area contributed by atoms with E-state index >= 15 is 0 Å². The van der Waals surface area contributed by atoms with Gasteiger partial charge in [0.2, 0.25) is 0 Å². The number of anilines is 1. The monoisotopic (exact) mass is 349 g/mol. The van der Waals surface area contributed by atoms with Crippen molar-refractivity contribution in [3.8, 4) is 5.75 Å². The fraction of sp³-hybridized carbons (Fsp3) is 0.556. The number of nitrogens with zero attached hydrogens (tertiary/aromatic N) is 2. The van der Waals surface area contributed by atoms with Crippen molar-refractivity contribution in [2.45, 2.75) is 45.6 Å². The molecular formula is C18H24FN3O3. The summed E-state index contributed by atoms with van der Waals surface area (Å²) in [5.74, 6) is -0.158. The van der Waals surface area contributed by atoms with Gasteiger partial charge >= 0.3 is 6.09 Å². The Morgan fingerprint density at radius 2 is 2.16 bits per heavy atom. The molecular weight excluding hydrogens is 325 g/mol. The van der Waals surface area contributed by atoms with E-state index in [0.29, 0.717) is 56.0 Å². The van der Waals surface area contributed by atoms with E-state index in [2.05, 4.69) is 4.98 Å². The number of allylic oxidation sites excluding steroid dienone is 1. The predicted molar refractivity (Wildman–Crippen MR) is 92.8 cm³/mol. The normalized spacial score (nSPS) is 17.4. The lowest BCUT2D eigenvalue weighted by Crippen LogP contribution is -2.37. The highest BCUT2D eigenvalue weighted by Crippen LogP contribution is 2.39. The number of rotatable bonds is 1. The van der Waals surface area contributed by atoms with Crippen LogP contribution in [-0.4, -0.2) is 41.3 Å². The van der Waals surface area contributed by atoms with Gasteiger partial charge in [0.05, 0.1) is 17.9 Å². The van der Waals surface area contributed by atoms with Gasteiger partial charge < -0.3 is 20.1 Å². The Kier molecular flexibility index (Phi) is 4.58. The Labute approximate surface area is 146 Å². The number of carbonyl (C=O) groups excluding carboxylic acids is 1. The van der Waals surface area contributed by atoms with Crippen LogP contribution >= 0.6 is 0 Å². The van der Waals surface area contributed by atoms with Crippen molar-refractivity contribution in [1.29, 1.82) is 0 Å². The molecule has 0 atom stereocenters. The first-order valence-electron chi connectivity index (χ1n) is 8.54. The number of hydrogen-bond acceptors (Lipinski definition) is 5. The van der Waals surface area contributed by atoms with Gasteiger partial charge in [-0.05, 0) is 39.2 Å². The molecule has 2 aliphatic heterocycles. The number of pyridine rings is 1. The molecule has 0 bridgehead atoms. The van der Waals surface area contributed by atoms with E-state index in [4.69, 9.17) is 15.2 Å². The van der Waals surface area contributed by atoms with E-state index in [1.165, 1.54) is 0 Å². The van der Waals surface area contributed by atoms with E-state index < -0.39 is 11.4 Å². The molecule has 0 radical (unpaired) electrons. The second-order valence-corrected chi connectivity index (χ2v) is 7.32. The molecule has 0 aliphatic carbocycles. The number of halogens is 1. The molecule has 0 saturated heterocycles. The second-order valence-electron chi connectivity index (χ2n) is 7.32. The van der Waals surface area contributed by atoms with Gasteiger partial charge in [-0.1, -0.05) is 6.08 Å². The molecule has 3 rings (SSSR count). The van der Waals surface area contributed by atoms with Gasteiger partial charge in [-0.25, -0.2) is 14.2 Å². The van der Waals surface area contributed by atoms with Crippen LogP contribution in [0.2, 0.25) is 0 Å². The van der Waals surface area contributed by atoms with Gasteiger partial charge in [-0.15, -0.1) is 0 Å². The van der Waals surface area contributed by atoms with Crippen molar-refractivity contribution in [3.63, 3.8) is 0 Å². The Hall–Kier alpha value is -2.31. The van der Waals surface area contributed by atoms with Crippen LogP contribution in [0.3, 0.4) is 0 Å². The van der Waals surface area contributed by atoms with Crippen molar-refractivity contribution in [2.75, 3.05) is 25.4 Å². The molecule has 1 amide bonds. The highest BCUT2D eigenvalue weighted by Gasteiger charge is 2.28. The zero-order chi connectivity index (χ0) is 18.2. The SMILES string of the molecule is CC(C)(C)OC(=O)N1CC=C(c2c(F)c(N)nc3c2OCC3)CCC1. The van der Waals surface area contributed by atoms with E-state index in [-0.39, 0.29) is 11.9 Å². The van der Waals surface area contributed by atoms with E-state index in [1.54, 1.807) is 4.90 Å². The van der Waals surface area contributed by atoms with Crippen molar-refractivity contribution in [1.82, 2.24) is 9.88 Å². The quantitative estimate of drug-likeness (QED) is 0.843. The Bertz CT molecular complexity index is 725. The van der Waals surface area contributed by atoms with Crippen LogP contribution in [0.4, 0.5) is 15.0 Å². The first-order chi connectivity index (χ1) is 11.8. The molecule has 3 heterocycles. The summed E-state index contributed by atoms with van der Waals surface area (Å²) in [6.45, 7) is 6.90. The van der Waals surface area contributed by atoms with Crippen LogP contribution in [0.15, 0.2) is 6.08 Å². The van der Waals surface area contributed by atoms with Crippen LogP contribution in [0.5, 0.6) is 5.75 Å². The van der Waals surface area contributed by atoms with E-state index in [9.17, 15) is 9.18 Å². The molecule has 0 spiro atoms. The fourth-order valence-electron chi connectivity index (χ4n) is 3.07. The van der Waals surface area contributed by atoms with Crippen molar-refractivity contribution in [2.24, 2.45) is 0 Å². The predicted octanol–water partition coefficient (Wildman–Crippen LogP) is 3.15. The van der Waals surface area contributed by atoms with Crippen LogP contribution in [0.25, 0.3) is 5.57 Å². The summed E-state index contributed by atoms with van der Waals surface area (Å²) in [6.07, 6.45) is 3.47. The van der Waals surface area contributed by atoms with Crippen LogP contribution in [-0.2, 0) is 11.2 Å². The minimum atomic E-state index is -0.545. The third-order valence-corrected chi connectivity index (χ3v) is 4.18. The summed E-state index contributed by atoms with van der Waals surface area (Å²) in [5, 5.41) is 0. The lowest BCUT2D eigenvalue weighted by atomic mass is 9.99. The van der Waals surface area contributed by atoms with Crippen LogP contribution in [0.1, 0.15) is 44.9 Å². The standard InChI is InChI=1S/C18H24FN3O3/c1-18(2,3)25-17(23)22-8-4-5-11(6-9-22)13-14(19)16(20)21-12-7-10-24-15(12)13/h6H,4-5,7-10H2,1-3H3,(H2,20,21). The minimum absolute atomic E-state index is 0.103. The first-order valence-corrected chi connectivity index (χ1v) is 8.54. The lowest BCUT2D eigenvalue weighted by molar-refractivity contribution is 0.0273. The number of fused-ring (bicyclic) bond motifs is 1. The second kappa shape index (κ2) is 6.54. The van der Waals surface area contributed by atoms with Gasteiger partial charge in [0.15, 0.2) is 17.4 Å². The number of amides is 1. The average Bonchev–Trinajstić information content (AvgIpc) is 2.82. The highest BCUT2D eigenvalue weighted by atomic mass is 19.1. The number of aromatic nitrogens is 1. The molecule has 0 aromatic carbocycles. The molecule has 2 N–H and O–H groups in total. The average molecular weight is 349 g/mol. The third kappa shape index (κ3) is 3.70. The zero-order valence-corrected chi connectivity index (χ0v) is 14.9. The maximum atomic E-state index is 14.6. The zero-order valence-electron chi connectivity index (χ0n) is 14.9. The van der Waals surface area contributed by atoms with Crippen molar-refractivity contribution >= 4 is 17.5 Å². The number of ether oxygens (including phenoxy) is 2. The number of nitrogens with two attached hydrogens (primary N) is 1. The minimum Gasteiger partial charge on any atom is -0.491 e. The summed E-state index contributed by atoms with van der Waals surface area (Å²) >= 11 is 0. The lowest BCUT2D eigenvalue weighted by Gasteiger charge is -2.25. The molecule has 136 valence electrons. The van der Waals surface area contributed by atoms with Crippen LogP contribution in [0, 0.1) is 5.82 Å². The van der Waals surface area contributed by atoms with Gasteiger partial charge in [-0.2, -0.15) is 0 Å². The molecule has 0 unspecified atom stereocenters. The summed E-state index contributed by atoms with van der Waals surface area (Å²) in [7, 11) is 0. The number of nitrogen functional groups attached to an aromatic ring is 1. The van der Waals surface area contributed by atoms with Gasteiger partial charge in [0.1, 0.15) is 5.60 Å². The number of hydrogen-bond donors (Lipinski definition) is 1. The molecule has 25 heavy (non-hydrogen) atoms. The van der Waals surface area contributed by atoms with Gasteiger partial charge in [0.25, 0.3) is 0 Å². The van der Waals surface area contributed by atoms with Crippen molar-refractivity contribution in [3.05, 3.63) is 23.2 Å². The Morgan fingerprint density at radius 1 is 1.40 bits per heavy atom. The topological polar surface area (TPSA) is 77.7 Å². The largest absolute Gasteiger partial charge is 0.491 e. The van der Waals surface area contributed by atoms with E-state index in [1.807, 2.05) is 26.8 Å². The third-order valence-electron chi connectivity index (χ3n) is 4.18. The maximum Gasteiger partial charge on any atom is 0.410 e. The summed E-state index contributed by atoms with van der Waals surface area (Å²) < 4.78 is 25.7. The maximum absolute atomic E-state index is 14.6.